The fourth-order valence-corrected chi connectivity index (χ4v) is 1.10. The second-order valence-corrected chi connectivity index (χ2v) is 3.46. The molecule has 0 amide bonds. The van der Waals surface area contributed by atoms with E-state index in [-0.39, 0.29) is 12.0 Å². The minimum Gasteiger partial charge on any atom is -0.447 e. The lowest BCUT2D eigenvalue weighted by Gasteiger charge is -2.37. The van der Waals surface area contributed by atoms with Crippen molar-refractivity contribution in [3.8, 4) is 0 Å². The van der Waals surface area contributed by atoms with E-state index in [0.717, 1.165) is 0 Å². The molecule has 1 aliphatic rings. The van der Waals surface area contributed by atoms with E-state index in [0.29, 0.717) is 11.0 Å². The molecule has 1 unspecified atom stereocenters. The van der Waals surface area contributed by atoms with Gasteiger partial charge in [-0.15, -0.1) is 0 Å². The maximum absolute atomic E-state index is 11.1. The standard InChI is InChI=1S/C9H14NO2/c1-4-8(11)7-10(2,3)9-5-6-12-9/h4-6,9H,1,7H2,2-3H3/q+1. The van der Waals surface area contributed by atoms with Crippen LogP contribution in [0.2, 0.25) is 0 Å². The average molecular weight is 168 g/mol. The van der Waals surface area contributed by atoms with E-state index in [9.17, 15) is 4.79 Å². The van der Waals surface area contributed by atoms with Gasteiger partial charge in [0.25, 0.3) is 6.23 Å². The molecule has 0 aromatic rings. The third-order valence-corrected chi connectivity index (χ3v) is 1.94. The summed E-state index contributed by atoms with van der Waals surface area (Å²) in [6.45, 7) is 3.86. The summed E-state index contributed by atoms with van der Waals surface area (Å²) in [7, 11) is 3.91. The van der Waals surface area contributed by atoms with Crippen molar-refractivity contribution in [2.45, 2.75) is 6.23 Å². The van der Waals surface area contributed by atoms with Crippen LogP contribution >= 0.6 is 0 Å². The minimum absolute atomic E-state index is 0.0221. The fraction of sp³-hybridized carbons (Fsp3) is 0.444. The Balaban J connectivity index is 2.53. The summed E-state index contributed by atoms with van der Waals surface area (Å²) in [6, 6.07) is 0. The van der Waals surface area contributed by atoms with Crippen molar-refractivity contribution in [1.29, 1.82) is 0 Å². The van der Waals surface area contributed by atoms with E-state index in [2.05, 4.69) is 6.58 Å². The monoisotopic (exact) mass is 168 g/mol. The number of hydrogen-bond donors (Lipinski definition) is 0. The van der Waals surface area contributed by atoms with Crippen molar-refractivity contribution in [1.82, 2.24) is 0 Å². The molecule has 3 heteroatoms. The Labute approximate surface area is 72.5 Å². The van der Waals surface area contributed by atoms with Crippen LogP contribution in [0.4, 0.5) is 0 Å². The number of nitrogens with zero attached hydrogens (tertiary/aromatic N) is 1. The molecule has 0 aliphatic carbocycles. The number of quaternary nitrogens is 1. The molecule has 3 nitrogen and oxygen atoms in total. The van der Waals surface area contributed by atoms with Crippen molar-refractivity contribution in [3.63, 3.8) is 0 Å². The van der Waals surface area contributed by atoms with Crippen LogP contribution in [0, 0.1) is 0 Å². The van der Waals surface area contributed by atoms with Crippen molar-refractivity contribution < 1.29 is 14.0 Å². The zero-order chi connectivity index (χ0) is 9.19. The summed E-state index contributed by atoms with van der Waals surface area (Å²) in [5.41, 5.74) is 0. The van der Waals surface area contributed by atoms with Crippen LogP contribution in [0.25, 0.3) is 0 Å². The quantitative estimate of drug-likeness (QED) is 0.456. The normalized spacial score (nSPS) is 21.0. The van der Waals surface area contributed by atoms with E-state index < -0.39 is 0 Å². The van der Waals surface area contributed by atoms with Crippen LogP contribution < -0.4 is 0 Å². The summed E-state index contributed by atoms with van der Waals surface area (Å²) in [5, 5.41) is 0. The predicted octanol–water partition coefficient (Wildman–Crippen LogP) is 0.688. The van der Waals surface area contributed by atoms with Gasteiger partial charge in [0.1, 0.15) is 6.54 Å². The molecule has 12 heavy (non-hydrogen) atoms. The van der Waals surface area contributed by atoms with E-state index >= 15 is 0 Å². The van der Waals surface area contributed by atoms with Crippen LogP contribution in [0.1, 0.15) is 0 Å². The highest BCUT2D eigenvalue weighted by molar-refractivity contribution is 5.90. The molecule has 0 bridgehead atoms. The van der Waals surface area contributed by atoms with Gasteiger partial charge in [-0.1, -0.05) is 6.58 Å². The molecule has 1 atom stereocenters. The van der Waals surface area contributed by atoms with Gasteiger partial charge in [0, 0.05) is 6.08 Å². The highest BCUT2D eigenvalue weighted by Crippen LogP contribution is 2.16. The number of rotatable bonds is 4. The van der Waals surface area contributed by atoms with Gasteiger partial charge in [0.05, 0.1) is 20.4 Å². The minimum atomic E-state index is 0.0221. The first-order valence-electron chi connectivity index (χ1n) is 3.86. The zero-order valence-electron chi connectivity index (χ0n) is 7.49. The Morgan fingerprint density at radius 1 is 1.75 bits per heavy atom. The summed E-state index contributed by atoms with van der Waals surface area (Å²) in [4.78, 5) is 11.1. The van der Waals surface area contributed by atoms with Crippen molar-refractivity contribution in [2.24, 2.45) is 0 Å². The van der Waals surface area contributed by atoms with E-state index in [1.807, 2.05) is 20.2 Å². The molecular weight excluding hydrogens is 154 g/mol. The maximum atomic E-state index is 11.1. The number of carbonyl (C=O) groups is 1. The summed E-state index contributed by atoms with van der Waals surface area (Å²) >= 11 is 0. The predicted molar refractivity (Wildman–Crippen MR) is 46.2 cm³/mol. The lowest BCUT2D eigenvalue weighted by molar-refractivity contribution is -0.924. The van der Waals surface area contributed by atoms with Crippen LogP contribution in [-0.2, 0) is 9.53 Å². The van der Waals surface area contributed by atoms with Gasteiger partial charge < -0.3 is 4.74 Å². The van der Waals surface area contributed by atoms with Gasteiger partial charge >= 0.3 is 0 Å². The first-order chi connectivity index (χ1) is 5.56. The lowest BCUT2D eigenvalue weighted by Crippen LogP contribution is -2.53. The van der Waals surface area contributed by atoms with E-state index in [1.165, 1.54) is 6.08 Å². The Morgan fingerprint density at radius 3 is 2.67 bits per heavy atom. The highest BCUT2D eigenvalue weighted by atomic mass is 16.5. The molecule has 0 aromatic carbocycles. The molecule has 1 aliphatic heterocycles. The molecule has 1 heterocycles. The van der Waals surface area contributed by atoms with Crippen LogP contribution in [-0.4, -0.2) is 37.1 Å². The van der Waals surface area contributed by atoms with Crippen molar-refractivity contribution in [2.75, 3.05) is 20.6 Å². The van der Waals surface area contributed by atoms with Gasteiger partial charge in [-0.25, -0.2) is 0 Å². The van der Waals surface area contributed by atoms with E-state index in [4.69, 9.17) is 4.74 Å². The highest BCUT2D eigenvalue weighted by Gasteiger charge is 2.32. The Kier molecular flexibility index (Phi) is 2.33. The third-order valence-electron chi connectivity index (χ3n) is 1.94. The van der Waals surface area contributed by atoms with Gasteiger partial charge in [-0.2, -0.15) is 0 Å². The first kappa shape index (κ1) is 9.00. The fourth-order valence-electron chi connectivity index (χ4n) is 1.10. The van der Waals surface area contributed by atoms with Crippen molar-refractivity contribution in [3.05, 3.63) is 25.0 Å². The Morgan fingerprint density at radius 2 is 2.33 bits per heavy atom. The Hall–Kier alpha value is -1.09. The molecule has 0 N–H and O–H groups in total. The summed E-state index contributed by atoms with van der Waals surface area (Å²) in [6.07, 6.45) is 4.95. The second kappa shape index (κ2) is 3.11. The van der Waals surface area contributed by atoms with Gasteiger partial charge in [0.15, 0.2) is 0 Å². The molecule has 0 fully saturated rings. The topological polar surface area (TPSA) is 26.3 Å². The number of ether oxygens (including phenoxy) is 1. The first-order valence-corrected chi connectivity index (χ1v) is 3.86. The summed E-state index contributed by atoms with van der Waals surface area (Å²) in [5.74, 6) is 0.0453. The lowest BCUT2D eigenvalue weighted by atomic mass is 10.3. The van der Waals surface area contributed by atoms with Crippen LogP contribution in [0.3, 0.4) is 0 Å². The molecule has 0 aromatic heterocycles. The molecular formula is C9H14NO2+. The van der Waals surface area contributed by atoms with Crippen LogP contribution in [0.15, 0.2) is 25.0 Å². The largest absolute Gasteiger partial charge is 0.447 e. The molecule has 1 rings (SSSR count). The maximum Gasteiger partial charge on any atom is 0.255 e. The van der Waals surface area contributed by atoms with Crippen molar-refractivity contribution >= 4 is 5.78 Å². The van der Waals surface area contributed by atoms with Crippen LogP contribution in [0.5, 0.6) is 0 Å². The Bertz CT molecular complexity index is 231. The number of hydrogen-bond acceptors (Lipinski definition) is 2. The van der Waals surface area contributed by atoms with E-state index in [1.54, 1.807) is 6.26 Å². The summed E-state index contributed by atoms with van der Waals surface area (Å²) < 4.78 is 5.68. The molecule has 0 spiro atoms. The molecule has 66 valence electrons. The van der Waals surface area contributed by atoms with Gasteiger partial charge in [-0.3, -0.25) is 9.28 Å². The third kappa shape index (κ3) is 1.74. The van der Waals surface area contributed by atoms with Gasteiger partial charge in [-0.05, 0) is 6.08 Å². The molecule has 0 radical (unpaired) electrons. The number of carbonyl (C=O) groups excluding carboxylic acids is 1. The zero-order valence-corrected chi connectivity index (χ0v) is 7.49. The molecule has 0 saturated heterocycles. The number of likely N-dealkylation sites (N-methyl/N-ethyl adjacent to an activating group) is 1. The molecule has 0 saturated carbocycles. The second-order valence-electron chi connectivity index (χ2n) is 3.46. The number of ketones is 1. The van der Waals surface area contributed by atoms with Gasteiger partial charge in [0.2, 0.25) is 5.78 Å². The average Bonchev–Trinajstić information content (AvgIpc) is 1.80. The SMILES string of the molecule is C=CC(=O)C[N+](C)(C)C1C=CO1. The smallest absolute Gasteiger partial charge is 0.255 e.